The Labute approximate surface area is 206 Å². The predicted molar refractivity (Wildman–Crippen MR) is 138 cm³/mol. The molecule has 34 heavy (non-hydrogen) atoms. The van der Waals surface area contributed by atoms with E-state index in [1.165, 1.54) is 11.1 Å². The van der Waals surface area contributed by atoms with Gasteiger partial charge in [0.2, 0.25) is 0 Å². The van der Waals surface area contributed by atoms with Gasteiger partial charge in [0.15, 0.2) is 0 Å². The molecular formula is C30H42O4. The first kappa shape index (κ1) is 27.6. The summed E-state index contributed by atoms with van der Waals surface area (Å²) in [5, 5.41) is 0. The maximum atomic E-state index is 12.0. The normalized spacial score (nSPS) is 13.8. The Morgan fingerprint density at radius 1 is 0.618 bits per heavy atom. The molecule has 186 valence electrons. The maximum absolute atomic E-state index is 12.0. The van der Waals surface area contributed by atoms with Gasteiger partial charge in [-0.15, -0.1) is 0 Å². The zero-order valence-electron chi connectivity index (χ0n) is 22.2. The highest BCUT2D eigenvalue weighted by molar-refractivity contribution is 5.73. The average molecular weight is 467 g/mol. The summed E-state index contributed by atoms with van der Waals surface area (Å²) in [7, 11) is 0. The van der Waals surface area contributed by atoms with E-state index in [4.69, 9.17) is 9.47 Å². The second-order valence-corrected chi connectivity index (χ2v) is 12.1. The number of benzene rings is 2. The molecule has 4 heteroatoms. The third-order valence-corrected chi connectivity index (χ3v) is 5.75. The molecule has 4 nitrogen and oxygen atoms in total. The summed E-state index contributed by atoms with van der Waals surface area (Å²) in [6.07, 6.45) is 2.70. The van der Waals surface area contributed by atoms with Crippen molar-refractivity contribution >= 4 is 11.9 Å². The van der Waals surface area contributed by atoms with Gasteiger partial charge in [-0.05, 0) is 70.9 Å². The molecule has 0 heterocycles. The minimum atomic E-state index is -0.197. The van der Waals surface area contributed by atoms with Gasteiger partial charge in [0.05, 0.1) is 12.8 Å². The van der Waals surface area contributed by atoms with Crippen molar-refractivity contribution in [2.45, 2.75) is 81.1 Å². The van der Waals surface area contributed by atoms with Crippen molar-refractivity contribution in [1.29, 1.82) is 0 Å². The average Bonchev–Trinajstić information content (AvgIpc) is 2.68. The van der Waals surface area contributed by atoms with Crippen LogP contribution < -0.4 is 9.47 Å². The van der Waals surface area contributed by atoms with Gasteiger partial charge in [-0.3, -0.25) is 9.59 Å². The van der Waals surface area contributed by atoms with Crippen molar-refractivity contribution < 1.29 is 19.1 Å². The van der Waals surface area contributed by atoms with Crippen molar-refractivity contribution in [3.8, 4) is 11.5 Å². The SMILES string of the molecule is CC(Cc1ccc(OC(=O)CC(C)(C)C)cc1)C(C)Cc1ccc(OC(=O)CC(C)(C)C)cc1. The van der Waals surface area contributed by atoms with Crippen LogP contribution in [-0.4, -0.2) is 11.9 Å². The molecule has 0 saturated carbocycles. The lowest BCUT2D eigenvalue weighted by molar-refractivity contribution is -0.137. The van der Waals surface area contributed by atoms with Crippen LogP contribution >= 0.6 is 0 Å². The molecule has 2 aromatic carbocycles. The van der Waals surface area contributed by atoms with Gasteiger partial charge in [0.25, 0.3) is 0 Å². The van der Waals surface area contributed by atoms with Crippen molar-refractivity contribution in [2.75, 3.05) is 0 Å². The Balaban J connectivity index is 1.85. The van der Waals surface area contributed by atoms with Crippen LogP contribution in [0.4, 0.5) is 0 Å². The van der Waals surface area contributed by atoms with Crippen LogP contribution in [0.3, 0.4) is 0 Å². The minimum Gasteiger partial charge on any atom is -0.427 e. The quantitative estimate of drug-likeness (QED) is 0.285. The van der Waals surface area contributed by atoms with Gasteiger partial charge in [-0.1, -0.05) is 79.7 Å². The Bertz CT molecular complexity index is 848. The summed E-state index contributed by atoms with van der Waals surface area (Å²) in [4.78, 5) is 24.1. The smallest absolute Gasteiger partial charge is 0.311 e. The number of carbonyl (C=O) groups is 2. The molecule has 0 radical (unpaired) electrons. The van der Waals surface area contributed by atoms with Crippen molar-refractivity contribution in [2.24, 2.45) is 22.7 Å². The monoisotopic (exact) mass is 466 g/mol. The van der Waals surface area contributed by atoms with Crippen LogP contribution in [0.2, 0.25) is 0 Å². The van der Waals surface area contributed by atoms with E-state index < -0.39 is 0 Å². The Morgan fingerprint density at radius 3 is 1.18 bits per heavy atom. The number of ether oxygens (including phenoxy) is 2. The van der Waals surface area contributed by atoms with Crippen LogP contribution in [0.1, 0.15) is 79.4 Å². The molecule has 2 atom stereocenters. The highest BCUT2D eigenvalue weighted by atomic mass is 16.5. The van der Waals surface area contributed by atoms with Crippen molar-refractivity contribution in [3.05, 3.63) is 59.7 Å². The standard InChI is InChI=1S/C30H42O4/c1-21(17-23-9-13-25(14-10-23)33-27(31)19-29(3,4)5)22(2)18-24-11-15-26(16-12-24)34-28(32)20-30(6,7)8/h9-16,21-22H,17-20H2,1-8H3. The lowest BCUT2D eigenvalue weighted by Gasteiger charge is -2.21. The van der Waals surface area contributed by atoms with E-state index in [-0.39, 0.29) is 22.8 Å². The second kappa shape index (κ2) is 11.7. The van der Waals surface area contributed by atoms with Gasteiger partial charge < -0.3 is 9.47 Å². The van der Waals surface area contributed by atoms with Gasteiger partial charge >= 0.3 is 11.9 Å². The number of hydrogen-bond donors (Lipinski definition) is 0. The van der Waals surface area contributed by atoms with E-state index in [1.54, 1.807) is 0 Å². The minimum absolute atomic E-state index is 0.0837. The third kappa shape index (κ3) is 10.5. The number of rotatable bonds is 9. The molecule has 0 aliphatic rings. The summed E-state index contributed by atoms with van der Waals surface area (Å²) in [5.41, 5.74) is 2.30. The lowest BCUT2D eigenvalue weighted by atomic mass is 9.85. The molecule has 2 rings (SSSR count). The fraction of sp³-hybridized carbons (Fsp3) is 0.533. The van der Waals surface area contributed by atoms with E-state index in [1.807, 2.05) is 90.1 Å². The Morgan fingerprint density at radius 2 is 0.912 bits per heavy atom. The highest BCUT2D eigenvalue weighted by Crippen LogP contribution is 2.25. The summed E-state index contributed by atoms with van der Waals surface area (Å²) in [5.74, 6) is 1.77. The first-order valence-corrected chi connectivity index (χ1v) is 12.3. The van der Waals surface area contributed by atoms with E-state index in [0.29, 0.717) is 36.2 Å². The summed E-state index contributed by atoms with van der Waals surface area (Å²) < 4.78 is 10.9. The van der Waals surface area contributed by atoms with Crippen molar-refractivity contribution in [3.63, 3.8) is 0 Å². The lowest BCUT2D eigenvalue weighted by Crippen LogP contribution is -2.17. The molecule has 2 unspecified atom stereocenters. The first-order chi connectivity index (χ1) is 15.7. The molecule has 0 fully saturated rings. The largest absolute Gasteiger partial charge is 0.427 e. The van der Waals surface area contributed by atoms with Crippen LogP contribution in [0.25, 0.3) is 0 Å². The fourth-order valence-corrected chi connectivity index (χ4v) is 3.73. The van der Waals surface area contributed by atoms with E-state index in [0.717, 1.165) is 12.8 Å². The van der Waals surface area contributed by atoms with Crippen LogP contribution in [0, 0.1) is 22.7 Å². The third-order valence-electron chi connectivity index (χ3n) is 5.75. The molecule has 0 saturated heterocycles. The molecule has 0 spiro atoms. The number of hydrogen-bond acceptors (Lipinski definition) is 4. The van der Waals surface area contributed by atoms with Crippen LogP contribution in [0.15, 0.2) is 48.5 Å². The van der Waals surface area contributed by atoms with E-state index >= 15 is 0 Å². The number of carbonyl (C=O) groups excluding carboxylic acids is 2. The van der Waals surface area contributed by atoms with Crippen LogP contribution in [-0.2, 0) is 22.4 Å². The number of esters is 2. The molecule has 2 aromatic rings. The molecule has 0 amide bonds. The molecular weight excluding hydrogens is 424 g/mol. The summed E-state index contributed by atoms with van der Waals surface area (Å²) in [6.45, 7) is 16.7. The maximum Gasteiger partial charge on any atom is 0.311 e. The van der Waals surface area contributed by atoms with Crippen LogP contribution in [0.5, 0.6) is 11.5 Å². The molecule has 0 aliphatic carbocycles. The zero-order valence-corrected chi connectivity index (χ0v) is 22.2. The summed E-state index contributed by atoms with van der Waals surface area (Å²) >= 11 is 0. The fourth-order valence-electron chi connectivity index (χ4n) is 3.73. The molecule has 0 bridgehead atoms. The first-order valence-electron chi connectivity index (χ1n) is 12.3. The topological polar surface area (TPSA) is 52.6 Å². The van der Waals surface area contributed by atoms with Gasteiger partial charge in [0, 0.05) is 0 Å². The predicted octanol–water partition coefficient (Wildman–Crippen LogP) is 7.43. The summed E-state index contributed by atoms with van der Waals surface area (Å²) in [6, 6.07) is 15.7. The molecule has 0 aromatic heterocycles. The Kier molecular flexibility index (Phi) is 9.49. The van der Waals surface area contributed by atoms with E-state index in [2.05, 4.69) is 13.8 Å². The second-order valence-electron chi connectivity index (χ2n) is 12.1. The van der Waals surface area contributed by atoms with Crippen molar-refractivity contribution in [1.82, 2.24) is 0 Å². The van der Waals surface area contributed by atoms with Gasteiger partial charge in [-0.2, -0.15) is 0 Å². The molecule has 0 N–H and O–H groups in total. The highest BCUT2D eigenvalue weighted by Gasteiger charge is 2.19. The zero-order chi connectivity index (χ0) is 25.5. The van der Waals surface area contributed by atoms with Gasteiger partial charge in [0.1, 0.15) is 11.5 Å². The van der Waals surface area contributed by atoms with Gasteiger partial charge in [-0.25, -0.2) is 0 Å². The Hall–Kier alpha value is -2.62. The molecule has 0 aliphatic heterocycles. The van der Waals surface area contributed by atoms with E-state index in [9.17, 15) is 9.59 Å².